The van der Waals surface area contributed by atoms with Gasteiger partial charge in [0.25, 0.3) is 0 Å². The number of fused-ring (bicyclic) bond motifs is 1. The number of nitrogens with zero attached hydrogens (tertiary/aromatic N) is 7. The Labute approximate surface area is 206 Å². The molecule has 3 N–H and O–H groups in total. The number of benzene rings is 1. The number of hydrogen-bond acceptors (Lipinski definition) is 9. The minimum atomic E-state index is -0.775. The van der Waals surface area contributed by atoms with E-state index >= 15 is 0 Å². The van der Waals surface area contributed by atoms with Crippen molar-refractivity contribution in [2.24, 2.45) is 7.05 Å². The maximum absolute atomic E-state index is 14.2. The molecule has 2 aliphatic rings. The lowest BCUT2D eigenvalue weighted by molar-refractivity contribution is 0.109. The van der Waals surface area contributed by atoms with Crippen molar-refractivity contribution >= 4 is 29.1 Å². The van der Waals surface area contributed by atoms with Gasteiger partial charge in [0.2, 0.25) is 5.95 Å². The van der Waals surface area contributed by atoms with Gasteiger partial charge in [-0.05, 0) is 55.3 Å². The second kappa shape index (κ2) is 11.0. The standard InChI is InChI=1S/C13H12ClFN8O2.C9H17N/c1-16-11-6(14)5-17-12(19-11)18-8-4-9(10(24)3-7(8)15)23-13(25)22(2)20-21-23;1-3-7-10-8-4-2-6-9(10)5-1/h3-5,24H,1-2H3,(H2,16,17,18,19);9H,1-8H2. The van der Waals surface area contributed by atoms with Crippen molar-refractivity contribution in [1.29, 1.82) is 0 Å². The van der Waals surface area contributed by atoms with Crippen molar-refractivity contribution in [3.05, 3.63) is 39.7 Å². The highest BCUT2D eigenvalue weighted by atomic mass is 35.5. The minimum Gasteiger partial charge on any atom is -0.506 e. The number of piperidine rings is 2. The first-order valence-corrected chi connectivity index (χ1v) is 12.0. The number of nitrogens with one attached hydrogen (secondary N) is 2. The molecule has 0 atom stereocenters. The molecular weight excluding hydrogens is 477 g/mol. The van der Waals surface area contributed by atoms with E-state index in [4.69, 9.17) is 11.6 Å². The molecule has 35 heavy (non-hydrogen) atoms. The van der Waals surface area contributed by atoms with Crippen molar-refractivity contribution in [3.63, 3.8) is 0 Å². The monoisotopic (exact) mass is 505 g/mol. The summed E-state index contributed by atoms with van der Waals surface area (Å²) in [5.41, 5.74) is -0.729. The number of aromatic nitrogens is 6. The molecule has 4 heterocycles. The number of rotatable bonds is 4. The van der Waals surface area contributed by atoms with Crippen molar-refractivity contribution < 1.29 is 9.50 Å². The van der Waals surface area contributed by atoms with Crippen LogP contribution in [0, 0.1) is 5.82 Å². The Kier molecular flexibility index (Phi) is 7.81. The highest BCUT2D eigenvalue weighted by Gasteiger charge is 2.24. The third kappa shape index (κ3) is 5.70. The van der Waals surface area contributed by atoms with Crippen LogP contribution in [0.2, 0.25) is 5.02 Å². The number of hydrogen-bond donors (Lipinski definition) is 3. The lowest BCUT2D eigenvalue weighted by Crippen LogP contribution is -2.42. The number of phenolic OH excluding ortho intramolecular Hbond substituents is 1. The van der Waals surface area contributed by atoms with Crippen molar-refractivity contribution in [2.75, 3.05) is 30.8 Å². The Morgan fingerprint density at radius 1 is 1.14 bits per heavy atom. The van der Waals surface area contributed by atoms with Gasteiger partial charge >= 0.3 is 5.69 Å². The van der Waals surface area contributed by atoms with E-state index in [0.29, 0.717) is 10.8 Å². The topological polar surface area (TPSA) is 126 Å². The molecule has 0 amide bonds. The summed E-state index contributed by atoms with van der Waals surface area (Å²) in [5.74, 6) is -0.833. The van der Waals surface area contributed by atoms with Crippen LogP contribution in [-0.2, 0) is 7.05 Å². The van der Waals surface area contributed by atoms with Gasteiger partial charge in [0.15, 0.2) is 5.82 Å². The largest absolute Gasteiger partial charge is 0.506 e. The minimum absolute atomic E-state index is 0.0511. The average molecular weight is 506 g/mol. The van der Waals surface area contributed by atoms with Gasteiger partial charge in [-0.1, -0.05) is 24.4 Å². The smallest absolute Gasteiger partial charge is 0.368 e. The van der Waals surface area contributed by atoms with Crippen LogP contribution < -0.4 is 16.3 Å². The zero-order valence-electron chi connectivity index (χ0n) is 19.7. The first kappa shape index (κ1) is 24.9. The summed E-state index contributed by atoms with van der Waals surface area (Å²) in [5, 5.41) is 22.8. The third-order valence-electron chi connectivity index (χ3n) is 6.22. The molecule has 5 rings (SSSR count). The number of aryl methyl sites for hydroxylation is 1. The summed E-state index contributed by atoms with van der Waals surface area (Å²) in [6.07, 6.45) is 10.2. The van der Waals surface area contributed by atoms with Crippen LogP contribution in [0.15, 0.2) is 23.1 Å². The molecule has 2 aliphatic heterocycles. The summed E-state index contributed by atoms with van der Waals surface area (Å²) in [4.78, 5) is 22.7. The highest BCUT2D eigenvalue weighted by Crippen LogP contribution is 2.29. The average Bonchev–Trinajstić information content (AvgIpc) is 3.20. The van der Waals surface area contributed by atoms with Gasteiger partial charge in [0.1, 0.15) is 22.3 Å². The summed E-state index contributed by atoms with van der Waals surface area (Å²) >= 11 is 5.90. The molecule has 3 aromatic rings. The van der Waals surface area contributed by atoms with E-state index in [2.05, 4.69) is 35.9 Å². The Morgan fingerprint density at radius 3 is 2.46 bits per heavy atom. The predicted molar refractivity (Wildman–Crippen MR) is 131 cm³/mol. The van der Waals surface area contributed by atoms with E-state index in [0.717, 1.165) is 21.5 Å². The molecule has 0 unspecified atom stereocenters. The van der Waals surface area contributed by atoms with E-state index < -0.39 is 17.3 Å². The lowest BCUT2D eigenvalue weighted by Gasteiger charge is -2.39. The zero-order valence-corrected chi connectivity index (χ0v) is 20.5. The van der Waals surface area contributed by atoms with Crippen molar-refractivity contribution in [2.45, 2.75) is 44.6 Å². The Morgan fingerprint density at radius 2 is 1.86 bits per heavy atom. The first-order valence-electron chi connectivity index (χ1n) is 11.6. The SMILES string of the molecule is C1CCN2CCCCC2C1.CNc1nc(Nc2cc(-n3nnn(C)c3=O)c(O)cc2F)ncc1Cl. The molecule has 1 aromatic carbocycles. The number of aromatic hydroxyl groups is 1. The fourth-order valence-corrected chi connectivity index (χ4v) is 4.57. The van der Waals surface area contributed by atoms with E-state index in [9.17, 15) is 14.3 Å². The maximum Gasteiger partial charge on any atom is 0.368 e. The van der Waals surface area contributed by atoms with Crippen LogP contribution in [0.4, 0.5) is 21.8 Å². The van der Waals surface area contributed by atoms with Crippen LogP contribution in [-0.4, -0.2) is 65.9 Å². The summed E-state index contributed by atoms with van der Waals surface area (Å²) in [7, 11) is 3.02. The summed E-state index contributed by atoms with van der Waals surface area (Å²) < 4.78 is 16.0. The normalized spacial score (nSPS) is 16.2. The molecule has 11 nitrogen and oxygen atoms in total. The molecule has 0 spiro atoms. The van der Waals surface area contributed by atoms with Gasteiger partial charge in [0.05, 0.1) is 11.9 Å². The molecular formula is C22H29ClFN9O2. The fourth-order valence-electron chi connectivity index (χ4n) is 4.38. The van der Waals surface area contributed by atoms with Gasteiger partial charge in [-0.25, -0.2) is 14.2 Å². The zero-order chi connectivity index (χ0) is 24.9. The van der Waals surface area contributed by atoms with Crippen LogP contribution in [0.25, 0.3) is 5.69 Å². The number of anilines is 3. The van der Waals surface area contributed by atoms with Crippen molar-refractivity contribution in [3.8, 4) is 11.4 Å². The molecule has 0 radical (unpaired) electrons. The molecule has 2 saturated heterocycles. The molecule has 0 saturated carbocycles. The van der Waals surface area contributed by atoms with Crippen molar-refractivity contribution in [1.82, 2.24) is 34.7 Å². The molecule has 0 aliphatic carbocycles. The van der Waals surface area contributed by atoms with E-state index in [1.54, 1.807) is 7.05 Å². The molecule has 2 aromatic heterocycles. The van der Waals surface area contributed by atoms with Crippen LogP contribution in [0.3, 0.4) is 0 Å². The van der Waals surface area contributed by atoms with Gasteiger partial charge in [-0.15, -0.1) is 0 Å². The Hall–Kier alpha value is -3.25. The molecule has 188 valence electrons. The van der Waals surface area contributed by atoms with Crippen LogP contribution in [0.1, 0.15) is 38.5 Å². The third-order valence-corrected chi connectivity index (χ3v) is 6.50. The molecule has 0 bridgehead atoms. The molecule has 13 heteroatoms. The second-order valence-corrected chi connectivity index (χ2v) is 8.97. The van der Waals surface area contributed by atoms with E-state index in [-0.39, 0.29) is 17.3 Å². The summed E-state index contributed by atoms with van der Waals surface area (Å²) in [6.45, 7) is 2.79. The van der Waals surface area contributed by atoms with E-state index in [1.165, 1.54) is 70.9 Å². The van der Waals surface area contributed by atoms with Gasteiger partial charge in [-0.3, -0.25) is 0 Å². The Balaban J connectivity index is 0.000000239. The second-order valence-electron chi connectivity index (χ2n) is 8.56. The first-order chi connectivity index (χ1) is 16.9. The Bertz CT molecular complexity index is 1210. The van der Waals surface area contributed by atoms with Gasteiger partial charge in [0, 0.05) is 26.2 Å². The van der Waals surface area contributed by atoms with Crippen LogP contribution >= 0.6 is 11.6 Å². The number of phenols is 1. The number of halogens is 2. The number of tetrazole rings is 1. The lowest BCUT2D eigenvalue weighted by atomic mass is 9.93. The van der Waals surface area contributed by atoms with Gasteiger partial charge < -0.3 is 20.6 Å². The predicted octanol–water partition coefficient (Wildman–Crippen LogP) is 3.06. The van der Waals surface area contributed by atoms with E-state index in [1.807, 2.05) is 0 Å². The molecule has 2 fully saturated rings. The quantitative estimate of drug-likeness (QED) is 0.458. The summed E-state index contributed by atoms with van der Waals surface area (Å²) in [6, 6.07) is 3.02. The maximum atomic E-state index is 14.2. The fraction of sp³-hybridized carbons (Fsp3) is 0.500. The van der Waals surface area contributed by atoms with Gasteiger partial charge in [-0.2, -0.15) is 14.3 Å². The highest BCUT2D eigenvalue weighted by molar-refractivity contribution is 6.32. The van der Waals surface area contributed by atoms with Crippen LogP contribution in [0.5, 0.6) is 5.75 Å².